The molecule has 6 heavy (non-hydrogen) atoms. The summed E-state index contributed by atoms with van der Waals surface area (Å²) in [7, 11) is 0. The van der Waals surface area contributed by atoms with Crippen LogP contribution in [0.3, 0.4) is 0 Å². The molecule has 0 aliphatic heterocycles. The van der Waals surface area contributed by atoms with Gasteiger partial charge >= 0.3 is 25.8 Å². The molecule has 0 bridgehead atoms. The average molecular weight is 263 g/mol. The molecule has 3 nitrogen and oxygen atoms in total. The van der Waals surface area contributed by atoms with Crippen molar-refractivity contribution in [2.45, 2.75) is 0 Å². The van der Waals surface area contributed by atoms with E-state index in [-0.39, 0.29) is 42.9 Å². The van der Waals surface area contributed by atoms with Crippen LogP contribution in [0.1, 0.15) is 0 Å². The topological polar surface area (TPSA) is 57.5 Å². The molecule has 0 aromatic heterocycles. The first kappa shape index (κ1) is 15.7. The van der Waals surface area contributed by atoms with E-state index in [1.807, 2.05) is 0 Å². The maximum absolute atomic E-state index is 8.67. The van der Waals surface area contributed by atoms with Gasteiger partial charge in [-0.05, 0) is 0 Å². The van der Waals surface area contributed by atoms with Crippen LogP contribution in [-0.2, 0) is 28.4 Å². The Labute approximate surface area is 67.3 Å². The zero-order valence-corrected chi connectivity index (χ0v) is 3.77. The van der Waals surface area contributed by atoms with Crippen molar-refractivity contribution in [2.75, 3.05) is 0 Å². The third kappa shape index (κ3) is 51.0. The standard InChI is InChI=1S/Cu.In.H2O3S.3H/c;;1-4(2)3;;;/h;;(H2,1,2,3);;;. The van der Waals surface area contributed by atoms with Crippen LogP contribution in [0.25, 0.3) is 0 Å². The Morgan fingerprint density at radius 1 is 1.33 bits per heavy atom. The van der Waals surface area contributed by atoms with Gasteiger partial charge in [-0.3, -0.25) is 9.11 Å². The van der Waals surface area contributed by atoms with Gasteiger partial charge in [-0.2, -0.15) is 4.21 Å². The van der Waals surface area contributed by atoms with E-state index in [1.165, 1.54) is 0 Å². The van der Waals surface area contributed by atoms with Gasteiger partial charge in [-0.15, -0.1) is 0 Å². The Kier molecular flexibility index (Phi) is 25.3. The van der Waals surface area contributed by atoms with Gasteiger partial charge in [0, 0.05) is 17.1 Å². The molecular formula is H5CuInO3S. The van der Waals surface area contributed by atoms with Crippen molar-refractivity contribution in [3.05, 3.63) is 0 Å². The van der Waals surface area contributed by atoms with Crippen LogP contribution in [0.2, 0.25) is 0 Å². The molecule has 0 spiro atoms. The fraction of sp³-hybridized carbons (Fsp3) is 0. The molecule has 2 N–H and O–H groups in total. The summed E-state index contributed by atoms with van der Waals surface area (Å²) in [5.41, 5.74) is 0. The predicted octanol–water partition coefficient (Wildman–Crippen LogP) is -1.51. The first-order valence-corrected chi connectivity index (χ1v) is 1.60. The fourth-order valence-corrected chi connectivity index (χ4v) is 0. The van der Waals surface area contributed by atoms with Gasteiger partial charge in [0.15, 0.2) is 0 Å². The zero-order valence-electron chi connectivity index (χ0n) is 2.01. The molecule has 1 radical (unpaired) electrons. The van der Waals surface area contributed by atoms with E-state index in [1.54, 1.807) is 0 Å². The molecule has 0 aliphatic carbocycles. The summed E-state index contributed by atoms with van der Waals surface area (Å²) in [6.45, 7) is 0. The van der Waals surface area contributed by atoms with Crippen molar-refractivity contribution in [3.63, 3.8) is 0 Å². The molecule has 0 aromatic rings. The predicted molar refractivity (Wildman–Crippen MR) is 23.3 cm³/mol. The van der Waals surface area contributed by atoms with Crippen molar-refractivity contribution in [2.24, 2.45) is 0 Å². The van der Waals surface area contributed by atoms with Crippen molar-refractivity contribution >= 4 is 37.2 Å². The van der Waals surface area contributed by atoms with Gasteiger partial charge in [0.1, 0.15) is 0 Å². The molecule has 0 aliphatic rings. The van der Waals surface area contributed by atoms with Gasteiger partial charge < -0.3 is 0 Å². The Morgan fingerprint density at radius 3 is 1.33 bits per heavy atom. The molecule has 0 heterocycles. The van der Waals surface area contributed by atoms with Crippen LogP contribution in [0, 0.1) is 0 Å². The minimum absolute atomic E-state index is 0. The summed E-state index contributed by atoms with van der Waals surface area (Å²) in [6.07, 6.45) is 0. The summed E-state index contributed by atoms with van der Waals surface area (Å²) in [5.74, 6) is 0. The first-order valence-electron chi connectivity index (χ1n) is 0.532. The van der Waals surface area contributed by atoms with E-state index in [4.69, 9.17) is 13.3 Å². The van der Waals surface area contributed by atoms with Gasteiger partial charge in [0.2, 0.25) is 0 Å². The van der Waals surface area contributed by atoms with Gasteiger partial charge in [0.25, 0.3) is 11.4 Å². The van der Waals surface area contributed by atoms with E-state index in [9.17, 15) is 0 Å². The molecule has 6 heteroatoms. The van der Waals surface area contributed by atoms with Gasteiger partial charge in [-0.25, -0.2) is 0 Å². The molecule has 0 fully saturated rings. The summed E-state index contributed by atoms with van der Waals surface area (Å²) in [4.78, 5) is 0. The van der Waals surface area contributed by atoms with Crippen molar-refractivity contribution in [1.82, 2.24) is 0 Å². The Balaban J connectivity index is -0.0000000450. The summed E-state index contributed by atoms with van der Waals surface area (Å²) < 4.78 is 22.8. The Hall–Kier alpha value is 1.46. The molecule has 0 aromatic carbocycles. The monoisotopic (exact) mass is 263 g/mol. The molecule has 0 rings (SSSR count). The number of hydrogen-bond donors (Lipinski definition) is 2. The third-order valence-electron chi connectivity index (χ3n) is 0. The Bertz CT molecular complexity index is 33.8. The maximum atomic E-state index is 8.67. The van der Waals surface area contributed by atoms with Crippen LogP contribution in [-0.4, -0.2) is 39.2 Å². The van der Waals surface area contributed by atoms with Crippen molar-refractivity contribution < 1.29 is 30.4 Å². The molecule has 0 unspecified atom stereocenters. The van der Waals surface area contributed by atoms with Crippen LogP contribution >= 0.6 is 0 Å². The van der Waals surface area contributed by atoms with Gasteiger partial charge in [0.05, 0.1) is 0 Å². The van der Waals surface area contributed by atoms with Crippen LogP contribution in [0.4, 0.5) is 0 Å². The fourth-order valence-electron chi connectivity index (χ4n) is 0. The second-order valence-corrected chi connectivity index (χ2v) is 0.692. The van der Waals surface area contributed by atoms with Crippen molar-refractivity contribution in [3.8, 4) is 0 Å². The van der Waals surface area contributed by atoms with Crippen LogP contribution in [0.15, 0.2) is 0 Å². The third-order valence-corrected chi connectivity index (χ3v) is 0. The van der Waals surface area contributed by atoms with E-state index < -0.39 is 11.4 Å². The molecule has 0 atom stereocenters. The zero-order chi connectivity index (χ0) is 3.58. The van der Waals surface area contributed by atoms with Crippen LogP contribution in [0.5, 0.6) is 0 Å². The quantitative estimate of drug-likeness (QED) is 0.413. The first-order chi connectivity index (χ1) is 1.73. The molecule has 43 valence electrons. The Morgan fingerprint density at radius 2 is 1.33 bits per heavy atom. The average Bonchev–Trinajstić information content (AvgIpc) is 0.811. The van der Waals surface area contributed by atoms with Crippen molar-refractivity contribution in [1.29, 1.82) is 0 Å². The second kappa shape index (κ2) is 9.68. The molecular weight excluding hydrogens is 258 g/mol. The van der Waals surface area contributed by atoms with E-state index in [0.29, 0.717) is 0 Å². The SMILES string of the molecule is O=S(O)O.[Cu].[InH3]. The summed E-state index contributed by atoms with van der Waals surface area (Å²) in [6, 6.07) is 0. The molecule has 0 amide bonds. The van der Waals surface area contributed by atoms with E-state index in [0.717, 1.165) is 0 Å². The van der Waals surface area contributed by atoms with Crippen LogP contribution < -0.4 is 0 Å². The second-order valence-electron chi connectivity index (χ2n) is 0.231. The minimum atomic E-state index is -2.61. The number of rotatable bonds is 0. The van der Waals surface area contributed by atoms with E-state index >= 15 is 0 Å². The van der Waals surface area contributed by atoms with E-state index in [2.05, 4.69) is 0 Å². The van der Waals surface area contributed by atoms with Gasteiger partial charge in [-0.1, -0.05) is 0 Å². The normalized spacial score (nSPS) is 5.83. The summed E-state index contributed by atoms with van der Waals surface area (Å²) in [5, 5.41) is 0. The number of hydrogen-bond acceptors (Lipinski definition) is 1. The molecule has 0 saturated heterocycles. The summed E-state index contributed by atoms with van der Waals surface area (Å²) >= 11 is -2.61. The molecule has 0 saturated carbocycles.